The lowest BCUT2D eigenvalue weighted by Gasteiger charge is -2.24. The van der Waals surface area contributed by atoms with Gasteiger partial charge in [-0.05, 0) is 13.3 Å². The van der Waals surface area contributed by atoms with Crippen molar-refractivity contribution in [3.63, 3.8) is 0 Å². The molecule has 0 spiro atoms. The Morgan fingerprint density at radius 1 is 1.50 bits per heavy atom. The molecule has 0 aliphatic carbocycles. The highest BCUT2D eigenvalue weighted by Crippen LogP contribution is 2.23. The second kappa shape index (κ2) is 4.14. The van der Waals surface area contributed by atoms with Gasteiger partial charge in [0.05, 0.1) is 6.04 Å². The number of rotatable bonds is 1. The quantitative estimate of drug-likeness (QED) is 0.627. The summed E-state index contributed by atoms with van der Waals surface area (Å²) in [6.07, 6.45) is 1.18. The molecule has 0 amide bonds. The zero-order chi connectivity index (χ0) is 9.14. The fourth-order valence-corrected chi connectivity index (χ4v) is 2.48. The second-order valence-corrected chi connectivity index (χ2v) is 4.88. The van der Waals surface area contributed by atoms with E-state index in [4.69, 9.17) is 0 Å². The van der Waals surface area contributed by atoms with Crippen molar-refractivity contribution in [1.29, 1.82) is 0 Å². The van der Waals surface area contributed by atoms with E-state index in [0.717, 1.165) is 5.17 Å². The minimum Gasteiger partial charge on any atom is -0.298 e. The van der Waals surface area contributed by atoms with Crippen LogP contribution in [0.15, 0.2) is 4.99 Å². The molecule has 1 rings (SSSR count). The van der Waals surface area contributed by atoms with Gasteiger partial charge in [-0.2, -0.15) is 0 Å². The van der Waals surface area contributed by atoms with Crippen molar-refractivity contribution < 1.29 is 0 Å². The molecule has 12 heavy (non-hydrogen) atoms. The van der Waals surface area contributed by atoms with E-state index in [1.807, 2.05) is 30.9 Å². The maximum absolute atomic E-state index is 4.50. The summed E-state index contributed by atoms with van der Waals surface area (Å²) in [5, 5.41) is 3.66. The molecule has 0 aromatic rings. The Balaban J connectivity index is 2.51. The van der Waals surface area contributed by atoms with E-state index < -0.39 is 0 Å². The SMILES string of the molecule is CC1CC(C)SC(NN(C)C)=N1. The Morgan fingerprint density at radius 2 is 2.17 bits per heavy atom. The van der Waals surface area contributed by atoms with Crippen LogP contribution in [0.2, 0.25) is 0 Å². The number of nitrogens with one attached hydrogen (secondary N) is 1. The number of aliphatic imine (C=N–C) groups is 1. The van der Waals surface area contributed by atoms with E-state index in [1.165, 1.54) is 6.42 Å². The molecule has 0 bridgehead atoms. The number of hydrogen-bond acceptors (Lipinski definition) is 4. The zero-order valence-corrected chi connectivity index (χ0v) is 8.98. The van der Waals surface area contributed by atoms with Gasteiger partial charge in [-0.15, -0.1) is 0 Å². The van der Waals surface area contributed by atoms with Crippen LogP contribution < -0.4 is 5.43 Å². The molecule has 2 unspecified atom stereocenters. The van der Waals surface area contributed by atoms with Crippen LogP contribution in [0.3, 0.4) is 0 Å². The fraction of sp³-hybridized carbons (Fsp3) is 0.875. The first-order valence-electron chi connectivity index (χ1n) is 4.26. The molecule has 2 atom stereocenters. The van der Waals surface area contributed by atoms with Crippen molar-refractivity contribution in [3.05, 3.63) is 0 Å². The molecule has 4 heteroatoms. The Kier molecular flexibility index (Phi) is 3.40. The van der Waals surface area contributed by atoms with Crippen LogP contribution in [0.4, 0.5) is 0 Å². The Bertz CT molecular complexity index is 179. The maximum atomic E-state index is 4.50. The van der Waals surface area contributed by atoms with E-state index in [9.17, 15) is 0 Å². The summed E-state index contributed by atoms with van der Waals surface area (Å²) in [6.45, 7) is 4.40. The summed E-state index contributed by atoms with van der Waals surface area (Å²) in [5.41, 5.74) is 3.19. The minimum atomic E-state index is 0.462. The third kappa shape index (κ3) is 3.03. The van der Waals surface area contributed by atoms with E-state index in [0.29, 0.717) is 11.3 Å². The summed E-state index contributed by atoms with van der Waals surface area (Å²) in [6, 6.07) is 0.462. The van der Waals surface area contributed by atoms with E-state index in [1.54, 1.807) is 0 Å². The predicted octanol–water partition coefficient (Wildman–Crippen LogP) is 1.32. The minimum absolute atomic E-state index is 0.462. The second-order valence-electron chi connectivity index (χ2n) is 3.45. The number of nitrogens with zero attached hydrogens (tertiary/aromatic N) is 2. The largest absolute Gasteiger partial charge is 0.298 e. The average molecular weight is 187 g/mol. The van der Waals surface area contributed by atoms with Gasteiger partial charge >= 0.3 is 0 Å². The highest BCUT2D eigenvalue weighted by atomic mass is 32.2. The molecular weight excluding hydrogens is 170 g/mol. The summed E-state index contributed by atoms with van der Waals surface area (Å²) in [5.74, 6) is 0. The first kappa shape index (κ1) is 9.86. The molecule has 0 aromatic heterocycles. The smallest absolute Gasteiger partial charge is 0.171 e. The molecule has 1 aliphatic heterocycles. The number of hydrazine groups is 1. The number of hydrogen-bond donors (Lipinski definition) is 1. The molecule has 3 nitrogen and oxygen atoms in total. The van der Waals surface area contributed by atoms with Crippen molar-refractivity contribution in [3.8, 4) is 0 Å². The van der Waals surface area contributed by atoms with E-state index >= 15 is 0 Å². The van der Waals surface area contributed by atoms with Crippen molar-refractivity contribution in [2.45, 2.75) is 31.6 Å². The molecule has 0 aromatic carbocycles. The average Bonchev–Trinajstić information content (AvgIpc) is 1.81. The molecule has 0 radical (unpaired) electrons. The van der Waals surface area contributed by atoms with Crippen LogP contribution in [0.25, 0.3) is 0 Å². The van der Waals surface area contributed by atoms with Gasteiger partial charge in [0.15, 0.2) is 5.17 Å². The molecule has 1 aliphatic rings. The topological polar surface area (TPSA) is 27.6 Å². The van der Waals surface area contributed by atoms with Gasteiger partial charge < -0.3 is 0 Å². The van der Waals surface area contributed by atoms with Crippen LogP contribution >= 0.6 is 11.8 Å². The van der Waals surface area contributed by atoms with Crippen molar-refractivity contribution in [2.75, 3.05) is 14.1 Å². The van der Waals surface area contributed by atoms with Gasteiger partial charge in [-0.25, -0.2) is 5.01 Å². The molecule has 0 fully saturated rings. The fourth-order valence-electron chi connectivity index (χ4n) is 1.25. The molecule has 0 saturated carbocycles. The Hall–Kier alpha value is -0.220. The molecule has 1 heterocycles. The van der Waals surface area contributed by atoms with Gasteiger partial charge in [-0.1, -0.05) is 18.7 Å². The third-order valence-electron chi connectivity index (χ3n) is 1.64. The monoisotopic (exact) mass is 187 g/mol. The predicted molar refractivity (Wildman–Crippen MR) is 55.4 cm³/mol. The summed E-state index contributed by atoms with van der Waals surface area (Å²) < 4.78 is 0. The summed E-state index contributed by atoms with van der Waals surface area (Å²) in [4.78, 5) is 4.50. The lowest BCUT2D eigenvalue weighted by Crippen LogP contribution is -2.37. The van der Waals surface area contributed by atoms with E-state index in [2.05, 4.69) is 24.3 Å². The maximum Gasteiger partial charge on any atom is 0.171 e. The first-order valence-corrected chi connectivity index (χ1v) is 5.14. The summed E-state index contributed by atoms with van der Waals surface area (Å²) in [7, 11) is 3.96. The Labute approximate surface area is 78.6 Å². The normalized spacial score (nSPS) is 30.2. The van der Waals surface area contributed by atoms with Gasteiger partial charge in [-0.3, -0.25) is 10.4 Å². The Morgan fingerprint density at radius 3 is 2.67 bits per heavy atom. The highest BCUT2D eigenvalue weighted by Gasteiger charge is 2.18. The highest BCUT2D eigenvalue weighted by molar-refractivity contribution is 8.14. The van der Waals surface area contributed by atoms with Crippen molar-refractivity contribution in [2.24, 2.45) is 4.99 Å². The summed E-state index contributed by atoms with van der Waals surface area (Å²) >= 11 is 1.82. The van der Waals surface area contributed by atoms with Crippen LogP contribution in [0.5, 0.6) is 0 Å². The molecule has 70 valence electrons. The number of amidine groups is 1. The van der Waals surface area contributed by atoms with Crippen LogP contribution in [-0.2, 0) is 0 Å². The molecule has 1 N–H and O–H groups in total. The van der Waals surface area contributed by atoms with Gasteiger partial charge in [0.25, 0.3) is 0 Å². The lowest BCUT2D eigenvalue weighted by molar-refractivity contribution is 0.364. The van der Waals surface area contributed by atoms with Crippen LogP contribution in [-0.4, -0.2) is 35.6 Å². The van der Waals surface area contributed by atoms with Gasteiger partial charge in [0.2, 0.25) is 0 Å². The van der Waals surface area contributed by atoms with Crippen LogP contribution in [0, 0.1) is 0 Å². The lowest BCUT2D eigenvalue weighted by atomic mass is 10.2. The van der Waals surface area contributed by atoms with E-state index in [-0.39, 0.29) is 0 Å². The molecule has 0 saturated heterocycles. The third-order valence-corrected chi connectivity index (χ3v) is 2.66. The standard InChI is InChI=1S/C8H17N3S/c1-6-5-7(2)12-8(9-6)10-11(3)4/h6-7H,5H2,1-4H3,(H,9,10). The van der Waals surface area contributed by atoms with Crippen molar-refractivity contribution >= 4 is 16.9 Å². The molecular formula is C8H17N3S. The van der Waals surface area contributed by atoms with Crippen LogP contribution in [0.1, 0.15) is 20.3 Å². The number of thioether (sulfide) groups is 1. The first-order chi connectivity index (χ1) is 5.58. The zero-order valence-electron chi connectivity index (χ0n) is 8.16. The van der Waals surface area contributed by atoms with Gasteiger partial charge in [0.1, 0.15) is 0 Å². The van der Waals surface area contributed by atoms with Gasteiger partial charge in [0, 0.05) is 19.3 Å². The van der Waals surface area contributed by atoms with Crippen molar-refractivity contribution in [1.82, 2.24) is 10.4 Å².